The second-order valence-corrected chi connectivity index (χ2v) is 6.94. The molecule has 6 heteroatoms. The summed E-state index contributed by atoms with van der Waals surface area (Å²) in [5.41, 5.74) is 1.54. The van der Waals surface area contributed by atoms with E-state index in [2.05, 4.69) is 10.3 Å². The van der Waals surface area contributed by atoms with E-state index in [-0.39, 0.29) is 6.03 Å². The predicted molar refractivity (Wildman–Crippen MR) is 98.2 cm³/mol. The largest absolute Gasteiger partial charge is 0.448 e. The lowest BCUT2D eigenvalue weighted by molar-refractivity contribution is -0.105. The van der Waals surface area contributed by atoms with Gasteiger partial charge < -0.3 is 19.7 Å². The summed E-state index contributed by atoms with van der Waals surface area (Å²) in [6.45, 7) is 0.445. The fraction of sp³-hybridized carbons (Fsp3) is 0.400. The average Bonchev–Trinajstić information content (AvgIpc) is 2.99. The van der Waals surface area contributed by atoms with Crippen LogP contribution in [0.15, 0.2) is 42.6 Å². The van der Waals surface area contributed by atoms with E-state index in [1.807, 2.05) is 36.4 Å². The first-order chi connectivity index (χ1) is 12.6. The van der Waals surface area contributed by atoms with E-state index in [1.54, 1.807) is 18.1 Å². The topological polar surface area (TPSA) is 63.7 Å². The van der Waals surface area contributed by atoms with Gasteiger partial charge in [0.25, 0.3) is 5.79 Å². The van der Waals surface area contributed by atoms with E-state index in [1.165, 1.54) is 6.42 Å². The molecule has 2 amide bonds. The number of benzene rings is 1. The van der Waals surface area contributed by atoms with Crippen molar-refractivity contribution in [2.75, 3.05) is 12.4 Å². The highest BCUT2D eigenvalue weighted by molar-refractivity contribution is 5.89. The molecule has 1 aromatic heterocycles. The summed E-state index contributed by atoms with van der Waals surface area (Å²) < 4.78 is 12.2. The fourth-order valence-corrected chi connectivity index (χ4v) is 3.49. The molecule has 0 bridgehead atoms. The molecule has 1 N–H and O–H groups in total. The number of nitrogens with one attached hydrogen (secondary N) is 1. The molecule has 26 heavy (non-hydrogen) atoms. The van der Waals surface area contributed by atoms with Crippen LogP contribution < -0.4 is 14.8 Å². The number of urea groups is 1. The van der Waals surface area contributed by atoms with Crippen molar-refractivity contribution in [2.45, 2.75) is 44.4 Å². The highest BCUT2D eigenvalue weighted by Gasteiger charge is 2.42. The third-order valence-corrected chi connectivity index (χ3v) is 4.87. The van der Waals surface area contributed by atoms with Gasteiger partial charge in [-0.2, -0.15) is 0 Å². The van der Waals surface area contributed by atoms with Crippen LogP contribution in [0.1, 0.15) is 37.8 Å². The minimum atomic E-state index is -0.501. The van der Waals surface area contributed by atoms with Gasteiger partial charge in [0.15, 0.2) is 11.5 Å². The van der Waals surface area contributed by atoms with Gasteiger partial charge in [-0.3, -0.25) is 4.98 Å². The first-order valence-electron chi connectivity index (χ1n) is 9.08. The van der Waals surface area contributed by atoms with Crippen LogP contribution in [0.3, 0.4) is 0 Å². The normalized spacial score (nSPS) is 17.1. The maximum atomic E-state index is 12.4. The number of carbonyl (C=O) groups is 1. The van der Waals surface area contributed by atoms with Gasteiger partial charge in [0.2, 0.25) is 0 Å². The number of rotatable bonds is 3. The van der Waals surface area contributed by atoms with Gasteiger partial charge in [0, 0.05) is 37.8 Å². The number of amides is 2. The highest BCUT2D eigenvalue weighted by Crippen LogP contribution is 2.46. The number of anilines is 1. The van der Waals surface area contributed by atoms with Crippen LogP contribution in [0.25, 0.3) is 0 Å². The van der Waals surface area contributed by atoms with Crippen LogP contribution in [0.5, 0.6) is 11.5 Å². The van der Waals surface area contributed by atoms with Gasteiger partial charge in [-0.05, 0) is 37.1 Å². The van der Waals surface area contributed by atoms with Crippen molar-refractivity contribution < 1.29 is 14.3 Å². The molecule has 1 aliphatic carbocycles. The zero-order valence-electron chi connectivity index (χ0n) is 14.9. The van der Waals surface area contributed by atoms with Crippen molar-refractivity contribution in [1.29, 1.82) is 0 Å². The molecule has 136 valence electrons. The van der Waals surface area contributed by atoms with Crippen molar-refractivity contribution in [1.82, 2.24) is 9.88 Å². The van der Waals surface area contributed by atoms with Gasteiger partial charge >= 0.3 is 6.03 Å². The number of hydrogen-bond acceptors (Lipinski definition) is 4. The number of fused-ring (bicyclic) bond motifs is 1. The quantitative estimate of drug-likeness (QED) is 0.899. The molecule has 1 aliphatic heterocycles. The van der Waals surface area contributed by atoms with Crippen LogP contribution in [0.4, 0.5) is 10.5 Å². The Hall–Kier alpha value is -2.76. The number of ether oxygens (including phenoxy) is 2. The summed E-state index contributed by atoms with van der Waals surface area (Å²) in [5.74, 6) is 0.961. The van der Waals surface area contributed by atoms with Gasteiger partial charge in [-0.1, -0.05) is 12.5 Å². The Balaban J connectivity index is 1.40. The lowest BCUT2D eigenvalue weighted by Gasteiger charge is -2.31. The SMILES string of the molecule is CN(Cc1ccccn1)C(=O)Nc1ccc2c(c1)OC1(CCCCC1)O2. The second kappa shape index (κ2) is 6.86. The summed E-state index contributed by atoms with van der Waals surface area (Å²) in [5, 5.41) is 2.91. The van der Waals surface area contributed by atoms with Crippen LogP contribution in [0.2, 0.25) is 0 Å². The molecular formula is C20H23N3O3. The maximum absolute atomic E-state index is 12.4. The average molecular weight is 353 g/mol. The molecule has 4 rings (SSSR count). The van der Waals surface area contributed by atoms with E-state index in [4.69, 9.17) is 9.47 Å². The fourth-order valence-electron chi connectivity index (χ4n) is 3.49. The standard InChI is InChI=1S/C20H23N3O3/c1-23(14-16-7-3-6-12-21-16)19(24)22-15-8-9-17-18(13-15)26-20(25-17)10-4-2-5-11-20/h3,6-9,12-13H,2,4-5,10-11,14H2,1H3,(H,22,24). The minimum absolute atomic E-state index is 0.193. The summed E-state index contributed by atoms with van der Waals surface area (Å²) in [7, 11) is 1.74. The molecule has 0 atom stereocenters. The first-order valence-corrected chi connectivity index (χ1v) is 9.08. The lowest BCUT2D eigenvalue weighted by atomic mass is 9.94. The summed E-state index contributed by atoms with van der Waals surface area (Å²) >= 11 is 0. The number of nitrogens with zero attached hydrogens (tertiary/aromatic N) is 2. The van der Waals surface area contributed by atoms with Crippen molar-refractivity contribution in [3.05, 3.63) is 48.3 Å². The molecule has 0 unspecified atom stereocenters. The zero-order valence-corrected chi connectivity index (χ0v) is 14.9. The Morgan fingerprint density at radius 1 is 1.15 bits per heavy atom. The smallest absolute Gasteiger partial charge is 0.321 e. The third kappa shape index (κ3) is 3.45. The van der Waals surface area contributed by atoms with Crippen molar-refractivity contribution >= 4 is 11.7 Å². The van der Waals surface area contributed by atoms with Crippen molar-refractivity contribution in [2.24, 2.45) is 0 Å². The number of aromatic nitrogens is 1. The van der Waals surface area contributed by atoms with Crippen LogP contribution in [-0.2, 0) is 6.54 Å². The molecule has 0 radical (unpaired) electrons. The Bertz CT molecular complexity index is 788. The number of pyridine rings is 1. The molecule has 1 fully saturated rings. The predicted octanol–water partition coefficient (Wildman–Crippen LogP) is 4.18. The van der Waals surface area contributed by atoms with Gasteiger partial charge in [-0.25, -0.2) is 4.79 Å². The van der Waals surface area contributed by atoms with Crippen molar-refractivity contribution in [3.63, 3.8) is 0 Å². The Morgan fingerprint density at radius 2 is 1.96 bits per heavy atom. The van der Waals surface area contributed by atoms with E-state index in [0.717, 1.165) is 37.1 Å². The van der Waals surface area contributed by atoms with Crippen LogP contribution in [-0.4, -0.2) is 28.7 Å². The van der Waals surface area contributed by atoms with Gasteiger partial charge in [-0.15, -0.1) is 0 Å². The summed E-state index contributed by atoms with van der Waals surface area (Å²) in [6.07, 6.45) is 7.02. The number of carbonyl (C=O) groups excluding carboxylic acids is 1. The lowest BCUT2D eigenvalue weighted by Crippen LogP contribution is -2.40. The molecule has 2 aliphatic rings. The Kier molecular flexibility index (Phi) is 4.41. The molecule has 2 heterocycles. The molecule has 1 spiro atoms. The van der Waals surface area contributed by atoms with E-state index < -0.39 is 5.79 Å². The molecule has 0 saturated heterocycles. The minimum Gasteiger partial charge on any atom is -0.448 e. The van der Waals surface area contributed by atoms with Crippen LogP contribution in [0, 0.1) is 0 Å². The summed E-state index contributed by atoms with van der Waals surface area (Å²) in [4.78, 5) is 18.3. The highest BCUT2D eigenvalue weighted by atomic mass is 16.7. The molecule has 1 saturated carbocycles. The number of hydrogen-bond donors (Lipinski definition) is 1. The monoisotopic (exact) mass is 353 g/mol. The molecule has 2 aromatic rings. The Labute approximate surface area is 153 Å². The molecular weight excluding hydrogens is 330 g/mol. The zero-order chi connectivity index (χ0) is 18.0. The summed E-state index contributed by atoms with van der Waals surface area (Å²) in [6, 6.07) is 11.0. The third-order valence-electron chi connectivity index (χ3n) is 4.87. The van der Waals surface area contributed by atoms with E-state index in [0.29, 0.717) is 18.0 Å². The molecule has 6 nitrogen and oxygen atoms in total. The Morgan fingerprint density at radius 3 is 2.73 bits per heavy atom. The molecule has 1 aromatic carbocycles. The van der Waals surface area contributed by atoms with E-state index in [9.17, 15) is 4.79 Å². The first kappa shape index (κ1) is 16.7. The van der Waals surface area contributed by atoms with Crippen molar-refractivity contribution in [3.8, 4) is 11.5 Å². The van der Waals surface area contributed by atoms with Gasteiger partial charge in [0.1, 0.15) is 0 Å². The second-order valence-electron chi connectivity index (χ2n) is 6.94. The van der Waals surface area contributed by atoms with E-state index >= 15 is 0 Å². The maximum Gasteiger partial charge on any atom is 0.321 e. The van der Waals surface area contributed by atoms with Crippen LogP contribution >= 0.6 is 0 Å². The van der Waals surface area contributed by atoms with Gasteiger partial charge in [0.05, 0.1) is 12.2 Å².